The lowest BCUT2D eigenvalue weighted by atomic mass is 10.2. The quantitative estimate of drug-likeness (QED) is 0.862. The molecule has 17 heavy (non-hydrogen) atoms. The fourth-order valence-electron chi connectivity index (χ4n) is 2.04. The lowest BCUT2D eigenvalue weighted by Gasteiger charge is -2.26. The largest absolute Gasteiger partial charge is 0.308 e. The van der Waals surface area contributed by atoms with Crippen LogP contribution in [-0.2, 0) is 0 Å². The molecule has 4 heteroatoms. The topological polar surface area (TPSA) is 15.3 Å². The van der Waals surface area contributed by atoms with Gasteiger partial charge in [0.15, 0.2) is 0 Å². The van der Waals surface area contributed by atoms with E-state index in [9.17, 15) is 0 Å². The van der Waals surface area contributed by atoms with Crippen molar-refractivity contribution in [3.63, 3.8) is 0 Å². The Labute approximate surface area is 117 Å². The lowest BCUT2D eigenvalue weighted by Crippen LogP contribution is -2.39. The molecule has 2 nitrogen and oxygen atoms in total. The summed E-state index contributed by atoms with van der Waals surface area (Å²) in [7, 11) is 2.25. The first-order chi connectivity index (χ1) is 8.09. The fraction of sp³-hybridized carbons (Fsp3) is 0.692. The third kappa shape index (κ3) is 3.53. The zero-order chi connectivity index (χ0) is 12.4. The molecule has 1 aromatic heterocycles. The van der Waals surface area contributed by atoms with E-state index in [0.717, 1.165) is 12.6 Å². The van der Waals surface area contributed by atoms with Gasteiger partial charge in [0.25, 0.3) is 0 Å². The molecule has 0 amide bonds. The van der Waals surface area contributed by atoms with E-state index in [0.29, 0.717) is 12.1 Å². The van der Waals surface area contributed by atoms with E-state index in [1.165, 1.54) is 22.2 Å². The lowest BCUT2D eigenvalue weighted by molar-refractivity contribution is 0.237. The molecule has 1 saturated carbocycles. The third-order valence-corrected chi connectivity index (χ3v) is 5.63. The molecular formula is C13H21BrN2S. The molecule has 2 atom stereocenters. The Morgan fingerprint density at radius 2 is 2.24 bits per heavy atom. The number of hydrogen-bond acceptors (Lipinski definition) is 3. The number of halogens is 1. The normalized spacial score (nSPS) is 19.6. The molecule has 0 bridgehead atoms. The molecule has 1 N–H and O–H groups in total. The SMILES string of the molecule is CC(NCC(C)N(C)C1CC1)c1sccc1Br. The smallest absolute Gasteiger partial charge is 0.0398 e. The van der Waals surface area contributed by atoms with Crippen molar-refractivity contribution in [1.82, 2.24) is 10.2 Å². The second kappa shape index (κ2) is 5.83. The van der Waals surface area contributed by atoms with Crippen LogP contribution in [0.3, 0.4) is 0 Å². The molecule has 0 aromatic carbocycles. The van der Waals surface area contributed by atoms with E-state index >= 15 is 0 Å². The maximum absolute atomic E-state index is 3.63. The van der Waals surface area contributed by atoms with Crippen LogP contribution in [0.2, 0.25) is 0 Å². The van der Waals surface area contributed by atoms with Gasteiger partial charge in [-0.2, -0.15) is 0 Å². The molecule has 2 rings (SSSR count). The highest BCUT2D eigenvalue weighted by Gasteiger charge is 2.29. The number of thiophene rings is 1. The number of hydrogen-bond donors (Lipinski definition) is 1. The first kappa shape index (κ1) is 13.5. The van der Waals surface area contributed by atoms with Gasteiger partial charge in [0, 0.05) is 34.0 Å². The minimum atomic E-state index is 0.430. The second-order valence-corrected chi connectivity index (χ2v) is 6.81. The Hall–Kier alpha value is 0.100. The summed E-state index contributed by atoms with van der Waals surface area (Å²) in [6, 6.07) is 4.01. The predicted molar refractivity (Wildman–Crippen MR) is 78.7 cm³/mol. The van der Waals surface area contributed by atoms with Crippen molar-refractivity contribution in [3.05, 3.63) is 20.8 Å². The second-order valence-electron chi connectivity index (χ2n) is 5.01. The minimum absolute atomic E-state index is 0.430. The number of likely N-dealkylation sites (N-methyl/N-ethyl adjacent to an activating group) is 1. The van der Waals surface area contributed by atoms with E-state index in [2.05, 4.69) is 58.5 Å². The van der Waals surface area contributed by atoms with Crippen LogP contribution in [0.4, 0.5) is 0 Å². The summed E-state index contributed by atoms with van der Waals surface area (Å²) in [5.41, 5.74) is 0. The van der Waals surface area contributed by atoms with Gasteiger partial charge in [0.1, 0.15) is 0 Å². The molecule has 1 aliphatic rings. The van der Waals surface area contributed by atoms with Gasteiger partial charge in [-0.25, -0.2) is 0 Å². The molecule has 1 aliphatic carbocycles. The van der Waals surface area contributed by atoms with Gasteiger partial charge in [-0.3, -0.25) is 4.90 Å². The van der Waals surface area contributed by atoms with E-state index in [4.69, 9.17) is 0 Å². The van der Waals surface area contributed by atoms with Gasteiger partial charge < -0.3 is 5.32 Å². The van der Waals surface area contributed by atoms with Crippen LogP contribution in [0, 0.1) is 0 Å². The standard InChI is InChI=1S/C13H21BrN2S/c1-9(16(3)11-4-5-11)8-15-10(2)13-12(14)6-7-17-13/h6-7,9-11,15H,4-5,8H2,1-3H3. The maximum atomic E-state index is 3.63. The van der Waals surface area contributed by atoms with E-state index in [1.807, 2.05) is 11.3 Å². The van der Waals surface area contributed by atoms with Crippen molar-refractivity contribution in [2.45, 2.75) is 44.8 Å². The zero-order valence-electron chi connectivity index (χ0n) is 10.7. The predicted octanol–water partition coefficient (Wildman–Crippen LogP) is 3.64. The summed E-state index contributed by atoms with van der Waals surface area (Å²) in [4.78, 5) is 3.90. The Morgan fingerprint density at radius 3 is 2.76 bits per heavy atom. The minimum Gasteiger partial charge on any atom is -0.308 e. The van der Waals surface area contributed by atoms with Crippen molar-refractivity contribution in [2.75, 3.05) is 13.6 Å². The van der Waals surface area contributed by atoms with Crippen LogP contribution in [0.1, 0.15) is 37.6 Å². The van der Waals surface area contributed by atoms with Gasteiger partial charge in [-0.15, -0.1) is 11.3 Å². The Kier molecular flexibility index (Phi) is 4.64. The van der Waals surface area contributed by atoms with Crippen LogP contribution in [0.5, 0.6) is 0 Å². The van der Waals surface area contributed by atoms with Crippen molar-refractivity contribution in [3.8, 4) is 0 Å². The molecule has 1 heterocycles. The van der Waals surface area contributed by atoms with Crippen LogP contribution < -0.4 is 5.32 Å². The highest BCUT2D eigenvalue weighted by atomic mass is 79.9. The Morgan fingerprint density at radius 1 is 1.53 bits per heavy atom. The summed E-state index contributed by atoms with van der Waals surface area (Å²) < 4.78 is 1.23. The fourth-order valence-corrected chi connectivity index (χ4v) is 3.79. The van der Waals surface area contributed by atoms with E-state index in [1.54, 1.807) is 0 Å². The van der Waals surface area contributed by atoms with Crippen LogP contribution in [0.15, 0.2) is 15.9 Å². The first-order valence-electron chi connectivity index (χ1n) is 6.27. The molecular weight excluding hydrogens is 296 g/mol. The Balaban J connectivity index is 1.79. The van der Waals surface area contributed by atoms with Crippen LogP contribution >= 0.6 is 27.3 Å². The first-order valence-corrected chi connectivity index (χ1v) is 7.95. The highest BCUT2D eigenvalue weighted by Crippen LogP contribution is 2.29. The summed E-state index contributed by atoms with van der Waals surface area (Å²) in [5, 5.41) is 5.76. The molecule has 2 unspecified atom stereocenters. The molecule has 0 aliphatic heterocycles. The number of nitrogens with zero attached hydrogens (tertiary/aromatic N) is 1. The molecule has 1 aromatic rings. The summed E-state index contributed by atoms with van der Waals surface area (Å²) in [6.45, 7) is 5.60. The van der Waals surface area contributed by atoms with Gasteiger partial charge in [0.05, 0.1) is 0 Å². The van der Waals surface area contributed by atoms with Gasteiger partial charge in [0.2, 0.25) is 0 Å². The van der Waals surface area contributed by atoms with Crippen molar-refractivity contribution in [1.29, 1.82) is 0 Å². The van der Waals surface area contributed by atoms with E-state index in [-0.39, 0.29) is 0 Å². The summed E-state index contributed by atoms with van der Waals surface area (Å²) in [6.07, 6.45) is 2.76. The summed E-state index contributed by atoms with van der Waals surface area (Å²) in [5.74, 6) is 0. The van der Waals surface area contributed by atoms with Crippen LogP contribution in [0.25, 0.3) is 0 Å². The van der Waals surface area contributed by atoms with E-state index < -0.39 is 0 Å². The van der Waals surface area contributed by atoms with Crippen LogP contribution in [-0.4, -0.2) is 30.6 Å². The molecule has 0 saturated heterocycles. The highest BCUT2D eigenvalue weighted by molar-refractivity contribution is 9.10. The maximum Gasteiger partial charge on any atom is 0.0398 e. The third-order valence-electron chi connectivity index (χ3n) is 3.58. The molecule has 96 valence electrons. The van der Waals surface area contributed by atoms with Gasteiger partial charge in [-0.1, -0.05) is 0 Å². The molecule has 1 fully saturated rings. The number of nitrogens with one attached hydrogen (secondary N) is 1. The Bertz CT molecular complexity index is 362. The molecule has 0 radical (unpaired) electrons. The van der Waals surface area contributed by atoms with Crippen molar-refractivity contribution in [2.24, 2.45) is 0 Å². The number of rotatable bonds is 6. The zero-order valence-corrected chi connectivity index (χ0v) is 13.1. The average Bonchev–Trinajstić information content (AvgIpc) is 3.07. The van der Waals surface area contributed by atoms with Gasteiger partial charge in [-0.05, 0) is 61.1 Å². The summed E-state index contributed by atoms with van der Waals surface area (Å²) >= 11 is 5.41. The van der Waals surface area contributed by atoms with Gasteiger partial charge >= 0.3 is 0 Å². The monoisotopic (exact) mass is 316 g/mol. The molecule has 0 spiro atoms. The van der Waals surface area contributed by atoms with Crippen molar-refractivity contribution < 1.29 is 0 Å². The average molecular weight is 317 g/mol. The van der Waals surface area contributed by atoms with Crippen molar-refractivity contribution >= 4 is 27.3 Å².